The zero-order valence-corrected chi connectivity index (χ0v) is 14.1. The van der Waals surface area contributed by atoms with Crippen LogP contribution in [0.1, 0.15) is 15.9 Å². The van der Waals surface area contributed by atoms with Gasteiger partial charge in [-0.2, -0.15) is 0 Å². The van der Waals surface area contributed by atoms with Gasteiger partial charge in [0.05, 0.1) is 0 Å². The Kier molecular flexibility index (Phi) is 6.98. The van der Waals surface area contributed by atoms with Gasteiger partial charge in [-0.15, -0.1) is 0 Å². The van der Waals surface area contributed by atoms with Crippen molar-refractivity contribution in [3.05, 3.63) is 70.7 Å². The Morgan fingerprint density at radius 3 is 2.28 bits per heavy atom. The minimum absolute atomic E-state index is 0.304. The smallest absolute Gasteiger partial charge is 0.325 e. The van der Waals surface area contributed by atoms with Gasteiger partial charge in [0.25, 0.3) is 11.8 Å². The molecule has 2 aromatic carbocycles. The van der Waals surface area contributed by atoms with E-state index < -0.39 is 18.5 Å². The van der Waals surface area contributed by atoms with E-state index >= 15 is 0 Å². The third-order valence-corrected chi connectivity index (χ3v) is 3.45. The van der Waals surface area contributed by atoms with Crippen LogP contribution in [0.25, 0.3) is 0 Å². The average molecular weight is 361 g/mol. The van der Waals surface area contributed by atoms with Gasteiger partial charge in [0.1, 0.15) is 6.54 Å². The van der Waals surface area contributed by atoms with Gasteiger partial charge < -0.3 is 15.4 Å². The summed E-state index contributed by atoms with van der Waals surface area (Å²) in [5, 5.41) is 5.66. The molecule has 2 aromatic rings. The molecule has 0 aromatic heterocycles. The molecule has 0 aliphatic carbocycles. The second-order valence-corrected chi connectivity index (χ2v) is 5.55. The van der Waals surface area contributed by atoms with E-state index in [1.807, 2.05) is 0 Å². The average Bonchev–Trinajstić information content (AvgIpc) is 2.64. The van der Waals surface area contributed by atoms with Crippen molar-refractivity contribution in [2.75, 3.05) is 13.2 Å². The van der Waals surface area contributed by atoms with Crippen molar-refractivity contribution in [1.29, 1.82) is 0 Å². The number of rotatable bonds is 7. The van der Waals surface area contributed by atoms with Crippen LogP contribution < -0.4 is 10.6 Å². The number of hydrogen-bond acceptors (Lipinski definition) is 4. The SMILES string of the molecule is O=C(COC(=O)CNC(=O)c1ccccc1)NCc1ccc(Cl)cc1. The lowest BCUT2D eigenvalue weighted by atomic mass is 10.2. The Balaban J connectivity index is 1.64. The van der Waals surface area contributed by atoms with Gasteiger partial charge in [-0.05, 0) is 29.8 Å². The molecule has 0 aliphatic rings. The van der Waals surface area contributed by atoms with Gasteiger partial charge in [-0.1, -0.05) is 41.9 Å². The molecule has 0 bridgehead atoms. The van der Waals surface area contributed by atoms with Crippen molar-refractivity contribution in [3.8, 4) is 0 Å². The fraction of sp³-hybridized carbons (Fsp3) is 0.167. The standard InChI is InChI=1S/C18H17ClN2O4/c19-15-8-6-13(7-9-15)10-20-16(22)12-25-17(23)11-21-18(24)14-4-2-1-3-5-14/h1-9H,10-12H2,(H,20,22)(H,21,24). The van der Waals surface area contributed by atoms with Crippen LogP contribution in [0.3, 0.4) is 0 Å². The molecule has 0 radical (unpaired) electrons. The van der Waals surface area contributed by atoms with Crippen LogP contribution in [-0.4, -0.2) is 30.9 Å². The predicted octanol–water partition coefficient (Wildman–Crippen LogP) is 1.93. The molecule has 25 heavy (non-hydrogen) atoms. The van der Waals surface area contributed by atoms with Gasteiger partial charge in [-0.25, -0.2) is 0 Å². The lowest BCUT2D eigenvalue weighted by Crippen LogP contribution is -2.33. The van der Waals surface area contributed by atoms with E-state index in [2.05, 4.69) is 10.6 Å². The molecule has 0 unspecified atom stereocenters. The third-order valence-electron chi connectivity index (χ3n) is 3.20. The largest absolute Gasteiger partial charge is 0.454 e. The van der Waals surface area contributed by atoms with E-state index in [-0.39, 0.29) is 12.5 Å². The van der Waals surface area contributed by atoms with E-state index in [9.17, 15) is 14.4 Å². The lowest BCUT2D eigenvalue weighted by Gasteiger charge is -2.08. The zero-order valence-electron chi connectivity index (χ0n) is 13.3. The molecule has 0 saturated heterocycles. The summed E-state index contributed by atoms with van der Waals surface area (Å²) in [7, 11) is 0. The Bertz CT molecular complexity index is 733. The maximum atomic E-state index is 11.8. The predicted molar refractivity (Wildman–Crippen MR) is 93.0 cm³/mol. The van der Waals surface area contributed by atoms with Gasteiger partial charge in [0, 0.05) is 17.1 Å². The summed E-state index contributed by atoms with van der Waals surface area (Å²) in [6, 6.07) is 15.5. The minimum atomic E-state index is -0.689. The van der Waals surface area contributed by atoms with Crippen LogP contribution in [0.4, 0.5) is 0 Å². The summed E-state index contributed by atoms with van der Waals surface area (Å²) in [4.78, 5) is 35.0. The molecule has 0 atom stereocenters. The molecule has 130 valence electrons. The summed E-state index contributed by atoms with van der Waals surface area (Å²) in [5.74, 6) is -1.51. The molecule has 0 spiro atoms. The first-order valence-electron chi connectivity index (χ1n) is 7.54. The molecular formula is C18H17ClN2O4. The summed E-state index contributed by atoms with van der Waals surface area (Å²) in [6.45, 7) is -0.413. The van der Waals surface area contributed by atoms with Crippen molar-refractivity contribution in [3.63, 3.8) is 0 Å². The van der Waals surface area contributed by atoms with E-state index in [1.165, 1.54) is 0 Å². The molecule has 0 saturated carbocycles. The van der Waals surface area contributed by atoms with Crippen molar-refractivity contribution in [1.82, 2.24) is 10.6 Å². The summed E-state index contributed by atoms with van der Waals surface area (Å²) in [6.07, 6.45) is 0. The number of amides is 2. The van der Waals surface area contributed by atoms with Crippen LogP contribution in [0, 0.1) is 0 Å². The molecule has 2 rings (SSSR count). The highest BCUT2D eigenvalue weighted by Gasteiger charge is 2.10. The molecule has 2 amide bonds. The van der Waals surface area contributed by atoms with Crippen molar-refractivity contribution >= 4 is 29.4 Å². The van der Waals surface area contributed by atoms with Crippen LogP contribution in [0.5, 0.6) is 0 Å². The lowest BCUT2D eigenvalue weighted by molar-refractivity contribution is -0.147. The highest BCUT2D eigenvalue weighted by Crippen LogP contribution is 2.09. The van der Waals surface area contributed by atoms with Crippen LogP contribution in [0.15, 0.2) is 54.6 Å². The highest BCUT2D eigenvalue weighted by atomic mass is 35.5. The molecular weight excluding hydrogens is 344 g/mol. The topological polar surface area (TPSA) is 84.5 Å². The number of benzene rings is 2. The maximum absolute atomic E-state index is 11.8. The first-order chi connectivity index (χ1) is 12.0. The number of ether oxygens (including phenoxy) is 1. The Hall–Kier alpha value is -2.86. The number of halogens is 1. The molecule has 6 nitrogen and oxygen atoms in total. The Labute approximate surface area is 150 Å². The number of carbonyl (C=O) groups excluding carboxylic acids is 3. The quantitative estimate of drug-likeness (QED) is 0.739. The monoisotopic (exact) mass is 360 g/mol. The number of esters is 1. The normalized spacial score (nSPS) is 9.96. The Morgan fingerprint density at radius 1 is 0.920 bits per heavy atom. The maximum Gasteiger partial charge on any atom is 0.325 e. The Morgan fingerprint density at radius 2 is 1.60 bits per heavy atom. The summed E-state index contributed by atoms with van der Waals surface area (Å²) in [5.41, 5.74) is 1.32. The summed E-state index contributed by atoms with van der Waals surface area (Å²) < 4.78 is 4.81. The third kappa shape index (κ3) is 6.64. The second kappa shape index (κ2) is 9.44. The molecule has 7 heteroatoms. The second-order valence-electron chi connectivity index (χ2n) is 5.11. The van der Waals surface area contributed by atoms with Crippen LogP contribution in [0.2, 0.25) is 5.02 Å². The molecule has 0 heterocycles. The van der Waals surface area contributed by atoms with Crippen LogP contribution in [-0.2, 0) is 20.9 Å². The molecule has 0 fully saturated rings. The highest BCUT2D eigenvalue weighted by molar-refractivity contribution is 6.30. The number of carbonyl (C=O) groups is 3. The van der Waals surface area contributed by atoms with E-state index in [1.54, 1.807) is 54.6 Å². The van der Waals surface area contributed by atoms with E-state index in [0.29, 0.717) is 17.1 Å². The molecule has 2 N–H and O–H groups in total. The number of nitrogens with one attached hydrogen (secondary N) is 2. The van der Waals surface area contributed by atoms with E-state index in [0.717, 1.165) is 5.56 Å². The first kappa shape index (κ1) is 18.5. The van der Waals surface area contributed by atoms with Crippen molar-refractivity contribution in [2.24, 2.45) is 0 Å². The number of hydrogen-bond donors (Lipinski definition) is 2. The van der Waals surface area contributed by atoms with E-state index in [4.69, 9.17) is 16.3 Å². The fourth-order valence-electron chi connectivity index (χ4n) is 1.90. The first-order valence-corrected chi connectivity index (χ1v) is 7.92. The molecule has 0 aliphatic heterocycles. The summed E-state index contributed by atoms with van der Waals surface area (Å²) >= 11 is 5.78. The fourth-order valence-corrected chi connectivity index (χ4v) is 2.02. The van der Waals surface area contributed by atoms with Gasteiger partial charge in [-0.3, -0.25) is 14.4 Å². The van der Waals surface area contributed by atoms with Crippen LogP contribution >= 0.6 is 11.6 Å². The zero-order chi connectivity index (χ0) is 18.1. The minimum Gasteiger partial charge on any atom is -0.454 e. The van der Waals surface area contributed by atoms with Gasteiger partial charge in [0.15, 0.2) is 6.61 Å². The van der Waals surface area contributed by atoms with Crippen molar-refractivity contribution < 1.29 is 19.1 Å². The van der Waals surface area contributed by atoms with Gasteiger partial charge >= 0.3 is 5.97 Å². The van der Waals surface area contributed by atoms with Gasteiger partial charge in [0.2, 0.25) is 0 Å². The van der Waals surface area contributed by atoms with Crippen molar-refractivity contribution in [2.45, 2.75) is 6.54 Å².